The third-order valence-electron chi connectivity index (χ3n) is 2.81. The summed E-state index contributed by atoms with van der Waals surface area (Å²) in [5, 5.41) is 1.97. The van der Waals surface area contributed by atoms with Gasteiger partial charge in [-0.2, -0.15) is 0 Å². The highest BCUT2D eigenvalue weighted by Gasteiger charge is 2.18. The van der Waals surface area contributed by atoms with E-state index in [9.17, 15) is 22.4 Å². The van der Waals surface area contributed by atoms with Crippen molar-refractivity contribution in [1.29, 1.82) is 0 Å². The molecule has 0 bridgehead atoms. The first-order valence-corrected chi connectivity index (χ1v) is 5.81. The van der Waals surface area contributed by atoms with Crippen LogP contribution < -0.4 is 11.1 Å². The van der Waals surface area contributed by atoms with Crippen molar-refractivity contribution < 1.29 is 22.4 Å². The van der Waals surface area contributed by atoms with Gasteiger partial charge in [-0.05, 0) is 30.7 Å². The topological polar surface area (TPSA) is 55.1 Å². The van der Waals surface area contributed by atoms with Gasteiger partial charge in [0, 0.05) is 6.07 Å². The van der Waals surface area contributed by atoms with Crippen LogP contribution in [0, 0.1) is 30.2 Å². The van der Waals surface area contributed by atoms with E-state index >= 15 is 0 Å². The monoisotopic (exact) mass is 298 g/mol. The van der Waals surface area contributed by atoms with Crippen molar-refractivity contribution in [2.45, 2.75) is 6.92 Å². The Morgan fingerprint density at radius 2 is 1.71 bits per heavy atom. The Kier molecular flexibility index (Phi) is 3.84. The van der Waals surface area contributed by atoms with Crippen molar-refractivity contribution in [3.05, 3.63) is 58.7 Å². The summed E-state index contributed by atoms with van der Waals surface area (Å²) >= 11 is 0. The summed E-state index contributed by atoms with van der Waals surface area (Å²) in [5.41, 5.74) is 3.50. The number of carbonyl (C=O) groups is 1. The Morgan fingerprint density at radius 1 is 1.05 bits per heavy atom. The van der Waals surface area contributed by atoms with Gasteiger partial charge in [0.15, 0.2) is 5.82 Å². The van der Waals surface area contributed by atoms with Gasteiger partial charge >= 0.3 is 0 Å². The predicted molar refractivity (Wildman–Crippen MR) is 69.8 cm³/mol. The van der Waals surface area contributed by atoms with Crippen molar-refractivity contribution in [1.82, 2.24) is 0 Å². The molecule has 0 unspecified atom stereocenters. The summed E-state index contributed by atoms with van der Waals surface area (Å²) < 4.78 is 53.7. The van der Waals surface area contributed by atoms with Crippen molar-refractivity contribution in [3.8, 4) is 0 Å². The Balaban J connectivity index is 2.37. The summed E-state index contributed by atoms with van der Waals surface area (Å²) in [4.78, 5) is 11.8. The molecule has 0 fully saturated rings. The second kappa shape index (κ2) is 5.43. The number of hydrogen-bond donors (Lipinski definition) is 2. The van der Waals surface area contributed by atoms with Crippen LogP contribution in [0.15, 0.2) is 24.3 Å². The second-order valence-electron chi connectivity index (χ2n) is 4.39. The molecule has 0 spiro atoms. The lowest BCUT2D eigenvalue weighted by Gasteiger charge is -2.09. The van der Waals surface area contributed by atoms with Crippen LogP contribution in [0.25, 0.3) is 0 Å². The number of aryl methyl sites for hydroxylation is 1. The maximum Gasteiger partial charge on any atom is 0.258 e. The predicted octanol–water partition coefficient (Wildman–Crippen LogP) is 3.39. The van der Waals surface area contributed by atoms with E-state index in [4.69, 9.17) is 5.73 Å². The fourth-order valence-corrected chi connectivity index (χ4v) is 1.71. The van der Waals surface area contributed by atoms with Gasteiger partial charge in [-0.3, -0.25) is 4.79 Å². The Morgan fingerprint density at radius 3 is 2.38 bits per heavy atom. The van der Waals surface area contributed by atoms with Crippen LogP contribution in [0.1, 0.15) is 15.9 Å². The lowest BCUT2D eigenvalue weighted by Crippen LogP contribution is -2.16. The van der Waals surface area contributed by atoms with E-state index in [1.54, 1.807) is 0 Å². The molecule has 1 amide bonds. The van der Waals surface area contributed by atoms with E-state index in [0.717, 1.165) is 12.1 Å². The molecule has 0 aliphatic rings. The first-order chi connectivity index (χ1) is 9.79. The van der Waals surface area contributed by atoms with Crippen LogP contribution in [0.5, 0.6) is 0 Å². The number of benzene rings is 2. The molecule has 0 saturated heterocycles. The number of rotatable bonds is 2. The average molecular weight is 298 g/mol. The molecule has 3 N–H and O–H groups in total. The highest BCUT2D eigenvalue weighted by atomic mass is 19.1. The van der Waals surface area contributed by atoms with Crippen molar-refractivity contribution in [3.63, 3.8) is 0 Å². The Bertz CT molecular complexity index is 731. The molecule has 7 heteroatoms. The largest absolute Gasteiger partial charge is 0.396 e. The number of nitrogen functional groups attached to an aromatic ring is 1. The average Bonchev–Trinajstić information content (AvgIpc) is 2.40. The van der Waals surface area contributed by atoms with Gasteiger partial charge in [0.2, 0.25) is 0 Å². The van der Waals surface area contributed by atoms with Gasteiger partial charge in [0.1, 0.15) is 17.5 Å². The van der Waals surface area contributed by atoms with Gasteiger partial charge in [0.05, 0.1) is 16.9 Å². The smallest absolute Gasteiger partial charge is 0.258 e. The number of amides is 1. The quantitative estimate of drug-likeness (QED) is 0.659. The minimum Gasteiger partial charge on any atom is -0.396 e. The minimum absolute atomic E-state index is 0.0479. The van der Waals surface area contributed by atoms with Gasteiger partial charge in [-0.25, -0.2) is 17.6 Å². The van der Waals surface area contributed by atoms with Crippen molar-refractivity contribution in [2.24, 2.45) is 0 Å². The van der Waals surface area contributed by atoms with E-state index in [2.05, 4.69) is 0 Å². The van der Waals surface area contributed by atoms with Crippen LogP contribution in [-0.2, 0) is 0 Å². The Hall–Kier alpha value is -2.57. The third kappa shape index (κ3) is 2.96. The number of halogens is 4. The van der Waals surface area contributed by atoms with Gasteiger partial charge in [-0.1, -0.05) is 0 Å². The number of anilines is 2. The molecule has 0 aromatic heterocycles. The molecule has 0 atom stereocenters. The molecule has 0 saturated carbocycles. The number of carbonyl (C=O) groups excluding carboxylic acids is 1. The fraction of sp³-hybridized carbons (Fsp3) is 0.0714. The maximum absolute atomic E-state index is 13.7. The zero-order chi connectivity index (χ0) is 15.7. The summed E-state index contributed by atoms with van der Waals surface area (Å²) in [5.74, 6) is -4.84. The van der Waals surface area contributed by atoms with Crippen molar-refractivity contribution in [2.75, 3.05) is 11.1 Å². The summed E-state index contributed by atoms with van der Waals surface area (Å²) in [6, 6.07) is 2.95. The molecule has 2 rings (SSSR count). The third-order valence-corrected chi connectivity index (χ3v) is 2.81. The van der Waals surface area contributed by atoms with E-state index in [-0.39, 0.29) is 5.56 Å². The van der Waals surface area contributed by atoms with Gasteiger partial charge < -0.3 is 11.1 Å². The minimum atomic E-state index is -1.14. The maximum atomic E-state index is 13.7. The molecule has 21 heavy (non-hydrogen) atoms. The molecule has 3 nitrogen and oxygen atoms in total. The number of nitrogens with one attached hydrogen (secondary N) is 1. The van der Waals surface area contributed by atoms with Crippen LogP contribution in [0.4, 0.5) is 28.9 Å². The van der Waals surface area contributed by atoms with Gasteiger partial charge in [0.25, 0.3) is 5.91 Å². The normalized spacial score (nSPS) is 10.5. The SMILES string of the molecule is Cc1cc(F)c(NC(=O)c2cc(F)cc(N)c2F)cc1F. The highest BCUT2D eigenvalue weighted by Crippen LogP contribution is 2.22. The molecule has 0 radical (unpaired) electrons. The van der Waals surface area contributed by atoms with Crippen LogP contribution in [-0.4, -0.2) is 5.91 Å². The number of nitrogens with two attached hydrogens (primary N) is 1. The molecule has 2 aromatic rings. The highest BCUT2D eigenvalue weighted by molar-refractivity contribution is 6.05. The zero-order valence-corrected chi connectivity index (χ0v) is 10.8. The summed E-state index contributed by atoms with van der Waals surface area (Å²) in [6.07, 6.45) is 0. The van der Waals surface area contributed by atoms with Crippen LogP contribution in [0.2, 0.25) is 0 Å². The van der Waals surface area contributed by atoms with E-state index in [1.165, 1.54) is 6.92 Å². The molecular formula is C14H10F4N2O. The van der Waals surface area contributed by atoms with Crippen LogP contribution >= 0.6 is 0 Å². The van der Waals surface area contributed by atoms with E-state index in [1.807, 2.05) is 5.32 Å². The zero-order valence-electron chi connectivity index (χ0n) is 10.8. The van der Waals surface area contributed by atoms with Gasteiger partial charge in [-0.15, -0.1) is 0 Å². The van der Waals surface area contributed by atoms with E-state index < -0.39 is 46.1 Å². The summed E-state index contributed by atoms with van der Waals surface area (Å²) in [7, 11) is 0. The lowest BCUT2D eigenvalue weighted by atomic mass is 10.1. The first kappa shape index (κ1) is 14.8. The van der Waals surface area contributed by atoms with Crippen LogP contribution in [0.3, 0.4) is 0 Å². The molecule has 0 aliphatic heterocycles. The lowest BCUT2D eigenvalue weighted by molar-refractivity contribution is 0.102. The number of hydrogen-bond acceptors (Lipinski definition) is 2. The first-order valence-electron chi connectivity index (χ1n) is 5.81. The molecule has 110 valence electrons. The standard InChI is InChI=1S/C14H10F4N2O/c1-6-2-10(17)12(5-9(6)16)20-14(21)8-3-7(15)4-11(19)13(8)18/h2-5H,19H2,1H3,(H,20,21). The molecule has 0 aliphatic carbocycles. The Labute approximate surface area is 117 Å². The molecule has 0 heterocycles. The molecule has 2 aromatic carbocycles. The summed E-state index contributed by atoms with van der Waals surface area (Å²) in [6.45, 7) is 1.34. The second-order valence-corrected chi connectivity index (χ2v) is 4.39. The molecular weight excluding hydrogens is 288 g/mol. The van der Waals surface area contributed by atoms with E-state index in [0.29, 0.717) is 12.1 Å². The van der Waals surface area contributed by atoms with Crippen molar-refractivity contribution >= 4 is 17.3 Å². The fourth-order valence-electron chi connectivity index (χ4n) is 1.71.